The van der Waals surface area contributed by atoms with Crippen molar-refractivity contribution < 1.29 is 14.6 Å². The summed E-state index contributed by atoms with van der Waals surface area (Å²) in [5.74, 6) is 1.27. The Balaban J connectivity index is 1.29. The molecule has 1 saturated carbocycles. The van der Waals surface area contributed by atoms with Crippen molar-refractivity contribution >= 4 is 22.7 Å². The van der Waals surface area contributed by atoms with Gasteiger partial charge in [0, 0.05) is 35.9 Å². The predicted molar refractivity (Wildman–Crippen MR) is 104 cm³/mol. The molecule has 1 aromatic carbocycles. The molecule has 6 heteroatoms. The summed E-state index contributed by atoms with van der Waals surface area (Å²) < 4.78 is 8.06. The van der Waals surface area contributed by atoms with Gasteiger partial charge in [0.15, 0.2) is 0 Å². The highest BCUT2D eigenvalue weighted by atomic mass is 16.5. The highest BCUT2D eigenvalue weighted by Crippen LogP contribution is 2.47. The maximum Gasteiger partial charge on any atom is 0.303 e. The van der Waals surface area contributed by atoms with E-state index in [9.17, 15) is 4.79 Å². The number of aliphatic carboxylic acids is 1. The molecule has 6 nitrogen and oxygen atoms in total. The zero-order valence-electron chi connectivity index (χ0n) is 15.0. The standard InChI is InChI=1S/C21H23N3O3/c25-21(26)14-16-13-19(16)24-10-7-15-12-17(5-6-18(15)24)27-11-3-9-23-20-4-1-2-8-22-20/h1-2,4-8,10,12,16,19H,3,9,11,13-14H2,(H,22,23)(H,25,26). The number of carboxylic acid groups (broad SMARTS) is 1. The van der Waals surface area contributed by atoms with Gasteiger partial charge in [-0.05, 0) is 55.2 Å². The van der Waals surface area contributed by atoms with Crippen LogP contribution in [0.1, 0.15) is 25.3 Å². The molecule has 0 saturated heterocycles. The lowest BCUT2D eigenvalue weighted by Gasteiger charge is -2.09. The van der Waals surface area contributed by atoms with E-state index in [0.29, 0.717) is 12.6 Å². The largest absolute Gasteiger partial charge is 0.494 e. The van der Waals surface area contributed by atoms with Gasteiger partial charge in [-0.1, -0.05) is 6.07 Å². The Kier molecular flexibility index (Phi) is 4.96. The molecular formula is C21H23N3O3. The first-order valence-corrected chi connectivity index (χ1v) is 9.31. The Morgan fingerprint density at radius 2 is 2.22 bits per heavy atom. The van der Waals surface area contributed by atoms with Crippen LogP contribution in [0, 0.1) is 5.92 Å². The van der Waals surface area contributed by atoms with E-state index in [2.05, 4.69) is 33.2 Å². The normalized spacial score (nSPS) is 18.4. The first kappa shape index (κ1) is 17.4. The van der Waals surface area contributed by atoms with Crippen LogP contribution in [0.4, 0.5) is 5.82 Å². The van der Waals surface area contributed by atoms with Crippen molar-refractivity contribution in [1.82, 2.24) is 9.55 Å². The number of ether oxygens (including phenoxy) is 1. The molecule has 1 fully saturated rings. The Bertz CT molecular complexity index is 923. The number of aromatic nitrogens is 2. The lowest BCUT2D eigenvalue weighted by atomic mass is 10.2. The van der Waals surface area contributed by atoms with Crippen LogP contribution in [0.3, 0.4) is 0 Å². The van der Waals surface area contributed by atoms with Gasteiger partial charge in [0.2, 0.25) is 0 Å². The quantitative estimate of drug-likeness (QED) is 0.562. The molecule has 2 aromatic heterocycles. The average molecular weight is 365 g/mol. The number of anilines is 1. The third-order valence-corrected chi connectivity index (χ3v) is 4.93. The molecule has 0 aliphatic heterocycles. The van der Waals surface area contributed by atoms with Gasteiger partial charge in [-0.3, -0.25) is 4.79 Å². The molecule has 0 amide bonds. The van der Waals surface area contributed by atoms with Gasteiger partial charge in [0.05, 0.1) is 13.0 Å². The maximum absolute atomic E-state index is 10.9. The van der Waals surface area contributed by atoms with Gasteiger partial charge < -0.3 is 19.7 Å². The lowest BCUT2D eigenvalue weighted by molar-refractivity contribution is -0.137. The minimum absolute atomic E-state index is 0.248. The molecule has 4 rings (SSSR count). The van der Waals surface area contributed by atoms with Crippen molar-refractivity contribution in [2.75, 3.05) is 18.5 Å². The second-order valence-electron chi connectivity index (χ2n) is 6.95. The second-order valence-corrected chi connectivity index (χ2v) is 6.95. The SMILES string of the molecule is O=C(O)CC1CC1n1ccc2cc(OCCCNc3ccccn3)ccc21. The number of nitrogens with one attached hydrogen (secondary N) is 1. The Morgan fingerprint density at radius 3 is 3.04 bits per heavy atom. The summed E-state index contributed by atoms with van der Waals surface area (Å²) in [4.78, 5) is 15.1. The summed E-state index contributed by atoms with van der Waals surface area (Å²) in [6.45, 7) is 1.44. The fourth-order valence-corrected chi connectivity index (χ4v) is 3.48. The van der Waals surface area contributed by atoms with E-state index in [1.54, 1.807) is 6.20 Å². The molecule has 2 unspecified atom stereocenters. The summed E-state index contributed by atoms with van der Waals surface area (Å²) >= 11 is 0. The molecule has 0 spiro atoms. The van der Waals surface area contributed by atoms with E-state index < -0.39 is 5.97 Å². The smallest absolute Gasteiger partial charge is 0.303 e. The Labute approximate surface area is 157 Å². The van der Waals surface area contributed by atoms with Crippen molar-refractivity contribution in [2.24, 2.45) is 5.92 Å². The second kappa shape index (κ2) is 7.70. The number of nitrogens with zero attached hydrogens (tertiary/aromatic N) is 2. The molecule has 0 radical (unpaired) electrons. The molecule has 2 heterocycles. The predicted octanol–water partition coefficient (Wildman–Crippen LogP) is 3.95. The molecule has 2 N–H and O–H groups in total. The van der Waals surface area contributed by atoms with Crippen molar-refractivity contribution in [3.8, 4) is 5.75 Å². The molecule has 140 valence electrons. The number of carboxylic acids is 1. The minimum Gasteiger partial charge on any atom is -0.494 e. The Hall–Kier alpha value is -3.02. The summed E-state index contributed by atoms with van der Waals surface area (Å²) in [7, 11) is 0. The van der Waals surface area contributed by atoms with Crippen LogP contribution >= 0.6 is 0 Å². The number of fused-ring (bicyclic) bond motifs is 1. The summed E-state index contributed by atoms with van der Waals surface area (Å²) in [6.07, 6.45) is 5.90. The molecular weight excluding hydrogens is 342 g/mol. The Morgan fingerprint density at radius 1 is 1.30 bits per heavy atom. The van der Waals surface area contributed by atoms with Crippen LogP contribution in [0.5, 0.6) is 5.75 Å². The fraction of sp³-hybridized carbons (Fsp3) is 0.333. The van der Waals surface area contributed by atoms with Crippen molar-refractivity contribution in [3.63, 3.8) is 0 Å². The van der Waals surface area contributed by atoms with E-state index in [1.807, 2.05) is 30.3 Å². The van der Waals surface area contributed by atoms with Crippen LogP contribution in [0.15, 0.2) is 54.9 Å². The molecule has 3 aromatic rings. The van der Waals surface area contributed by atoms with E-state index in [4.69, 9.17) is 9.84 Å². The molecule has 27 heavy (non-hydrogen) atoms. The number of benzene rings is 1. The molecule has 1 aliphatic carbocycles. The van der Waals surface area contributed by atoms with Crippen LogP contribution in [0.2, 0.25) is 0 Å². The van der Waals surface area contributed by atoms with Crippen LogP contribution in [-0.4, -0.2) is 33.8 Å². The topological polar surface area (TPSA) is 76.4 Å². The summed E-state index contributed by atoms with van der Waals surface area (Å²) in [6, 6.07) is 14.3. The van der Waals surface area contributed by atoms with Crippen LogP contribution in [0.25, 0.3) is 10.9 Å². The third-order valence-electron chi connectivity index (χ3n) is 4.93. The number of hydrogen-bond acceptors (Lipinski definition) is 4. The summed E-state index contributed by atoms with van der Waals surface area (Å²) in [5.41, 5.74) is 1.14. The van der Waals surface area contributed by atoms with E-state index in [0.717, 1.165) is 41.9 Å². The van der Waals surface area contributed by atoms with Gasteiger partial charge in [-0.15, -0.1) is 0 Å². The van der Waals surface area contributed by atoms with Crippen molar-refractivity contribution in [2.45, 2.75) is 25.3 Å². The average Bonchev–Trinajstić information content (AvgIpc) is 3.28. The van der Waals surface area contributed by atoms with Gasteiger partial charge in [0.25, 0.3) is 0 Å². The number of carbonyl (C=O) groups is 1. The van der Waals surface area contributed by atoms with Gasteiger partial charge in [-0.2, -0.15) is 0 Å². The summed E-state index contributed by atoms with van der Waals surface area (Å²) in [5, 5.41) is 13.3. The van der Waals surface area contributed by atoms with Crippen molar-refractivity contribution in [3.05, 3.63) is 54.9 Å². The number of hydrogen-bond donors (Lipinski definition) is 2. The molecule has 2 atom stereocenters. The van der Waals surface area contributed by atoms with E-state index >= 15 is 0 Å². The highest BCUT2D eigenvalue weighted by molar-refractivity contribution is 5.82. The number of pyridine rings is 1. The fourth-order valence-electron chi connectivity index (χ4n) is 3.48. The number of rotatable bonds is 9. The van der Waals surface area contributed by atoms with Crippen LogP contribution < -0.4 is 10.1 Å². The minimum atomic E-state index is -0.716. The van der Waals surface area contributed by atoms with E-state index in [-0.39, 0.29) is 12.3 Å². The van der Waals surface area contributed by atoms with Crippen LogP contribution in [-0.2, 0) is 4.79 Å². The van der Waals surface area contributed by atoms with Crippen molar-refractivity contribution in [1.29, 1.82) is 0 Å². The van der Waals surface area contributed by atoms with Gasteiger partial charge >= 0.3 is 5.97 Å². The highest BCUT2D eigenvalue weighted by Gasteiger charge is 2.40. The third kappa shape index (κ3) is 4.22. The monoisotopic (exact) mass is 365 g/mol. The molecule has 0 bridgehead atoms. The van der Waals surface area contributed by atoms with Gasteiger partial charge in [0.1, 0.15) is 11.6 Å². The van der Waals surface area contributed by atoms with E-state index in [1.165, 1.54) is 0 Å². The first-order valence-electron chi connectivity index (χ1n) is 9.31. The first-order chi connectivity index (χ1) is 13.2. The van der Waals surface area contributed by atoms with Gasteiger partial charge in [-0.25, -0.2) is 4.98 Å². The zero-order chi connectivity index (χ0) is 18.6. The lowest BCUT2D eigenvalue weighted by Crippen LogP contribution is -2.08. The zero-order valence-corrected chi connectivity index (χ0v) is 15.0. The molecule has 1 aliphatic rings. The maximum atomic E-state index is 10.9.